The number of hydrogen-bond acceptors (Lipinski definition) is 6. The molecule has 1 aliphatic carbocycles. The minimum absolute atomic E-state index is 0.723. The summed E-state index contributed by atoms with van der Waals surface area (Å²) < 4.78 is 0. The van der Waals surface area contributed by atoms with E-state index in [1.807, 2.05) is 78.9 Å². The van der Waals surface area contributed by atoms with Crippen molar-refractivity contribution < 1.29 is 0 Å². The zero-order valence-electron chi connectivity index (χ0n) is 20.0. The standard InChI is InChI=1S/C30H30N6/c31-21-1-9-25(10-2-21)35(26-11-3-22(32)4-12-26)29-17-19-30(20-18-29)36(27-13-5-23(33)6-14-27)28-15-7-24(34)8-16-28/h1-7,9-15,17-20H,8,16,31-34H2. The Morgan fingerprint density at radius 3 is 1.06 bits per heavy atom. The molecule has 0 spiro atoms. The van der Waals surface area contributed by atoms with Gasteiger partial charge in [0, 0.05) is 56.9 Å². The highest BCUT2D eigenvalue weighted by molar-refractivity contribution is 5.80. The van der Waals surface area contributed by atoms with Gasteiger partial charge in [0.05, 0.1) is 0 Å². The first-order valence-corrected chi connectivity index (χ1v) is 11.9. The molecule has 0 saturated heterocycles. The average molecular weight is 475 g/mol. The fraction of sp³-hybridized carbons (Fsp3) is 0.0667. The molecule has 0 radical (unpaired) electrons. The van der Waals surface area contributed by atoms with Gasteiger partial charge < -0.3 is 32.7 Å². The molecule has 0 atom stereocenters. The van der Waals surface area contributed by atoms with Crippen molar-refractivity contribution in [2.24, 2.45) is 5.73 Å². The molecule has 6 nitrogen and oxygen atoms in total. The summed E-state index contributed by atoms with van der Waals surface area (Å²) in [4.78, 5) is 4.43. The topological polar surface area (TPSA) is 111 Å². The predicted molar refractivity (Wildman–Crippen MR) is 153 cm³/mol. The van der Waals surface area contributed by atoms with E-state index in [4.69, 9.17) is 22.9 Å². The summed E-state index contributed by atoms with van der Waals surface area (Å²) in [6.45, 7) is 0. The third kappa shape index (κ3) is 4.83. The van der Waals surface area contributed by atoms with Crippen LogP contribution in [0, 0.1) is 0 Å². The maximum Gasteiger partial charge on any atom is 0.0463 e. The Kier molecular flexibility index (Phi) is 6.24. The molecule has 8 N–H and O–H groups in total. The zero-order chi connectivity index (χ0) is 25.1. The van der Waals surface area contributed by atoms with E-state index >= 15 is 0 Å². The smallest absolute Gasteiger partial charge is 0.0463 e. The quantitative estimate of drug-likeness (QED) is 0.236. The van der Waals surface area contributed by atoms with Crippen LogP contribution in [0.4, 0.5) is 45.5 Å². The number of benzene rings is 4. The van der Waals surface area contributed by atoms with Crippen molar-refractivity contribution in [2.45, 2.75) is 12.8 Å². The number of hydrogen-bond donors (Lipinski definition) is 4. The molecule has 0 amide bonds. The first kappa shape index (κ1) is 22.9. The number of anilines is 8. The number of nitrogen functional groups attached to an aromatic ring is 3. The molecule has 0 heterocycles. The molecule has 0 bridgehead atoms. The van der Waals surface area contributed by atoms with E-state index in [0.29, 0.717) is 0 Å². The highest BCUT2D eigenvalue weighted by atomic mass is 15.2. The Morgan fingerprint density at radius 2 is 0.722 bits per heavy atom. The van der Waals surface area contributed by atoms with Gasteiger partial charge in [-0.2, -0.15) is 0 Å². The molecule has 5 rings (SSSR count). The summed E-state index contributed by atoms with van der Waals surface area (Å²) in [6.07, 6.45) is 5.77. The zero-order valence-corrected chi connectivity index (χ0v) is 20.0. The second-order valence-corrected chi connectivity index (χ2v) is 8.86. The Morgan fingerprint density at radius 1 is 0.389 bits per heavy atom. The van der Waals surface area contributed by atoms with Crippen LogP contribution >= 0.6 is 0 Å². The van der Waals surface area contributed by atoms with E-state index in [1.165, 1.54) is 5.70 Å². The minimum atomic E-state index is 0.723. The molecule has 0 saturated carbocycles. The van der Waals surface area contributed by atoms with Crippen LogP contribution in [0.5, 0.6) is 0 Å². The van der Waals surface area contributed by atoms with Crippen LogP contribution in [-0.4, -0.2) is 0 Å². The molecule has 0 fully saturated rings. The van der Waals surface area contributed by atoms with Gasteiger partial charge in [0.2, 0.25) is 0 Å². The minimum Gasteiger partial charge on any atom is -0.402 e. The molecule has 1 aliphatic rings. The second-order valence-electron chi connectivity index (χ2n) is 8.86. The van der Waals surface area contributed by atoms with E-state index in [-0.39, 0.29) is 0 Å². The number of rotatable bonds is 6. The molecule has 6 heteroatoms. The molecule has 180 valence electrons. The van der Waals surface area contributed by atoms with E-state index in [1.54, 1.807) is 0 Å². The third-order valence-electron chi connectivity index (χ3n) is 6.27. The highest BCUT2D eigenvalue weighted by Crippen LogP contribution is 2.39. The molecule has 4 aromatic rings. The summed E-state index contributed by atoms with van der Waals surface area (Å²) in [5.74, 6) is 0. The van der Waals surface area contributed by atoms with E-state index in [9.17, 15) is 0 Å². The molecular formula is C30H30N6. The summed E-state index contributed by atoms with van der Waals surface area (Å²) in [6, 6.07) is 32.2. The van der Waals surface area contributed by atoms with Crippen LogP contribution in [0.15, 0.2) is 121 Å². The molecular weight excluding hydrogens is 444 g/mol. The van der Waals surface area contributed by atoms with Crippen LogP contribution in [0.3, 0.4) is 0 Å². The van der Waals surface area contributed by atoms with Gasteiger partial charge in [-0.15, -0.1) is 0 Å². The largest absolute Gasteiger partial charge is 0.402 e. The lowest BCUT2D eigenvalue weighted by Gasteiger charge is -2.30. The molecule has 0 aromatic heterocycles. The second kappa shape index (κ2) is 9.80. The lowest BCUT2D eigenvalue weighted by molar-refractivity contribution is 0.864. The molecule has 0 unspecified atom stereocenters. The van der Waals surface area contributed by atoms with Crippen molar-refractivity contribution in [3.63, 3.8) is 0 Å². The van der Waals surface area contributed by atoms with Crippen molar-refractivity contribution >= 4 is 45.5 Å². The van der Waals surface area contributed by atoms with Crippen molar-refractivity contribution in [3.8, 4) is 0 Å². The maximum atomic E-state index is 6.04. The lowest BCUT2D eigenvalue weighted by Crippen LogP contribution is -2.19. The maximum absolute atomic E-state index is 6.04. The van der Waals surface area contributed by atoms with Crippen molar-refractivity contribution in [1.29, 1.82) is 0 Å². The number of nitrogens with zero attached hydrogens (tertiary/aromatic N) is 2. The van der Waals surface area contributed by atoms with Gasteiger partial charge in [-0.25, -0.2) is 0 Å². The van der Waals surface area contributed by atoms with Crippen LogP contribution < -0.4 is 32.7 Å². The predicted octanol–water partition coefficient (Wildman–Crippen LogP) is 6.56. The van der Waals surface area contributed by atoms with Crippen LogP contribution in [0.25, 0.3) is 0 Å². The molecule has 0 aliphatic heterocycles. The fourth-order valence-corrected chi connectivity index (χ4v) is 4.38. The van der Waals surface area contributed by atoms with Gasteiger partial charge in [0.15, 0.2) is 0 Å². The summed E-state index contributed by atoms with van der Waals surface area (Å²) in [5, 5.41) is 0. The fourth-order valence-electron chi connectivity index (χ4n) is 4.38. The number of allylic oxidation sites excluding steroid dienone is 4. The Balaban J connectivity index is 1.56. The Hall–Kier alpha value is -4.84. The van der Waals surface area contributed by atoms with Crippen LogP contribution in [0.2, 0.25) is 0 Å². The summed E-state index contributed by atoms with van der Waals surface area (Å²) >= 11 is 0. The van der Waals surface area contributed by atoms with Crippen molar-refractivity contribution in [1.82, 2.24) is 0 Å². The van der Waals surface area contributed by atoms with Crippen molar-refractivity contribution in [3.05, 3.63) is 121 Å². The van der Waals surface area contributed by atoms with E-state index in [2.05, 4.69) is 40.1 Å². The SMILES string of the molecule is NC1=CC=C(N(c2ccc(N)cc2)c2ccc(N(c3ccc(N)cc3)c3ccc(N)cc3)cc2)CC1. The molecule has 4 aromatic carbocycles. The monoisotopic (exact) mass is 474 g/mol. The third-order valence-corrected chi connectivity index (χ3v) is 6.27. The first-order chi connectivity index (χ1) is 17.5. The Labute approximate surface area is 211 Å². The van der Waals surface area contributed by atoms with Gasteiger partial charge in [-0.3, -0.25) is 0 Å². The normalized spacial score (nSPS) is 13.0. The van der Waals surface area contributed by atoms with Gasteiger partial charge in [0.1, 0.15) is 0 Å². The lowest BCUT2D eigenvalue weighted by atomic mass is 10.1. The van der Waals surface area contributed by atoms with Gasteiger partial charge in [-0.1, -0.05) is 0 Å². The van der Waals surface area contributed by atoms with E-state index in [0.717, 1.165) is 64.0 Å². The molecule has 36 heavy (non-hydrogen) atoms. The van der Waals surface area contributed by atoms with Gasteiger partial charge in [0.25, 0.3) is 0 Å². The highest BCUT2D eigenvalue weighted by Gasteiger charge is 2.18. The van der Waals surface area contributed by atoms with Crippen molar-refractivity contribution in [2.75, 3.05) is 27.0 Å². The summed E-state index contributed by atoms with van der Waals surface area (Å²) in [5.41, 5.74) is 33.3. The first-order valence-electron chi connectivity index (χ1n) is 11.9. The van der Waals surface area contributed by atoms with Crippen LogP contribution in [0.1, 0.15) is 12.8 Å². The summed E-state index contributed by atoms with van der Waals surface area (Å²) in [7, 11) is 0. The van der Waals surface area contributed by atoms with Gasteiger partial charge in [-0.05, 0) is 122 Å². The van der Waals surface area contributed by atoms with Crippen LogP contribution in [-0.2, 0) is 0 Å². The Bertz CT molecular complexity index is 1340. The van der Waals surface area contributed by atoms with Gasteiger partial charge >= 0.3 is 0 Å². The number of nitrogens with two attached hydrogens (primary N) is 4. The van der Waals surface area contributed by atoms with E-state index < -0.39 is 0 Å². The average Bonchev–Trinajstić information content (AvgIpc) is 2.90.